The average Bonchev–Trinajstić information content (AvgIpc) is 2.26. The van der Waals surface area contributed by atoms with E-state index in [1.54, 1.807) is 30.3 Å². The Morgan fingerprint density at radius 3 is 2.28 bits per heavy atom. The molecule has 0 N–H and O–H groups in total. The van der Waals surface area contributed by atoms with Gasteiger partial charge in [-0.05, 0) is 42.3 Å². The Balaban J connectivity index is 2.71. The van der Waals surface area contributed by atoms with Gasteiger partial charge in [0.1, 0.15) is 5.82 Å². The van der Waals surface area contributed by atoms with Crippen LogP contribution in [0.2, 0.25) is 10.0 Å². The van der Waals surface area contributed by atoms with Gasteiger partial charge in [0.25, 0.3) is 0 Å². The van der Waals surface area contributed by atoms with E-state index >= 15 is 0 Å². The molecular formula is C14H9Cl2FO. The third kappa shape index (κ3) is 2.55. The molecule has 0 radical (unpaired) electrons. The van der Waals surface area contributed by atoms with Crippen LogP contribution in [0.4, 0.5) is 4.39 Å². The second kappa shape index (κ2) is 5.09. The second-order valence-corrected chi connectivity index (χ2v) is 4.75. The summed E-state index contributed by atoms with van der Waals surface area (Å²) >= 11 is 11.8. The molecule has 92 valence electrons. The zero-order valence-corrected chi connectivity index (χ0v) is 11.0. The van der Waals surface area contributed by atoms with Crippen molar-refractivity contribution in [2.24, 2.45) is 0 Å². The minimum atomic E-state index is -0.545. The number of hydrogen-bond acceptors (Lipinski definition) is 1. The summed E-state index contributed by atoms with van der Waals surface area (Å²) in [4.78, 5) is 11.5. The van der Waals surface area contributed by atoms with Crippen LogP contribution in [0.1, 0.15) is 17.3 Å². The highest BCUT2D eigenvalue weighted by atomic mass is 35.5. The maximum absolute atomic E-state index is 13.7. The van der Waals surface area contributed by atoms with Crippen molar-refractivity contribution in [3.8, 4) is 11.1 Å². The summed E-state index contributed by atoms with van der Waals surface area (Å²) in [6.45, 7) is 1.33. The lowest BCUT2D eigenvalue weighted by Crippen LogP contribution is -2.00. The third-order valence-corrected chi connectivity index (χ3v) is 2.98. The first kappa shape index (κ1) is 13.1. The van der Waals surface area contributed by atoms with Crippen LogP contribution in [-0.2, 0) is 0 Å². The van der Waals surface area contributed by atoms with E-state index in [0.717, 1.165) is 0 Å². The fourth-order valence-corrected chi connectivity index (χ4v) is 2.36. The normalized spacial score (nSPS) is 10.4. The first-order valence-corrected chi connectivity index (χ1v) is 6.00. The number of Topliss-reactive ketones (excluding diaryl/α,β-unsaturated/α-hetero) is 1. The van der Waals surface area contributed by atoms with E-state index in [1.807, 2.05) is 0 Å². The van der Waals surface area contributed by atoms with E-state index in [2.05, 4.69) is 0 Å². The number of hydrogen-bond donors (Lipinski definition) is 0. The van der Waals surface area contributed by atoms with Crippen LogP contribution in [0, 0.1) is 5.82 Å². The number of carbonyl (C=O) groups excluding carboxylic acids is 1. The highest BCUT2D eigenvalue weighted by Gasteiger charge is 2.14. The molecule has 0 aliphatic heterocycles. The Kier molecular flexibility index (Phi) is 3.69. The Morgan fingerprint density at radius 2 is 1.72 bits per heavy atom. The molecule has 0 atom stereocenters. The fraction of sp³-hybridized carbons (Fsp3) is 0.0714. The molecule has 0 aliphatic rings. The van der Waals surface area contributed by atoms with Crippen molar-refractivity contribution < 1.29 is 9.18 Å². The zero-order valence-electron chi connectivity index (χ0n) is 9.51. The van der Waals surface area contributed by atoms with Gasteiger partial charge in [0, 0.05) is 10.0 Å². The van der Waals surface area contributed by atoms with Crippen molar-refractivity contribution in [1.29, 1.82) is 0 Å². The van der Waals surface area contributed by atoms with Crippen molar-refractivity contribution in [3.05, 3.63) is 57.8 Å². The molecule has 0 spiro atoms. The first-order valence-electron chi connectivity index (χ1n) is 5.25. The molecule has 0 unspecified atom stereocenters. The van der Waals surface area contributed by atoms with Gasteiger partial charge in [0.05, 0.1) is 5.56 Å². The summed E-state index contributed by atoms with van der Waals surface area (Å²) < 4.78 is 13.7. The van der Waals surface area contributed by atoms with Crippen molar-refractivity contribution >= 4 is 29.0 Å². The predicted octanol–water partition coefficient (Wildman–Crippen LogP) is 5.00. The molecule has 1 nitrogen and oxygen atoms in total. The van der Waals surface area contributed by atoms with E-state index in [-0.39, 0.29) is 11.3 Å². The molecule has 0 bridgehead atoms. The summed E-state index contributed by atoms with van der Waals surface area (Å²) in [6.07, 6.45) is 0. The summed E-state index contributed by atoms with van der Waals surface area (Å²) in [5.74, 6) is -0.879. The van der Waals surface area contributed by atoms with Crippen LogP contribution in [0.3, 0.4) is 0 Å². The Hall–Kier alpha value is -1.38. The number of ketones is 1. The molecule has 0 saturated heterocycles. The van der Waals surface area contributed by atoms with Gasteiger partial charge in [0.2, 0.25) is 0 Å². The van der Waals surface area contributed by atoms with Crippen molar-refractivity contribution in [2.45, 2.75) is 6.92 Å². The van der Waals surface area contributed by atoms with Crippen LogP contribution in [0.5, 0.6) is 0 Å². The summed E-state index contributed by atoms with van der Waals surface area (Å²) in [5, 5.41) is 0.882. The molecule has 18 heavy (non-hydrogen) atoms. The Labute approximate surface area is 114 Å². The molecule has 0 aromatic heterocycles. The number of rotatable bonds is 2. The third-order valence-electron chi connectivity index (χ3n) is 2.54. The van der Waals surface area contributed by atoms with Gasteiger partial charge in [-0.3, -0.25) is 4.79 Å². The van der Waals surface area contributed by atoms with Crippen molar-refractivity contribution in [1.82, 2.24) is 0 Å². The van der Waals surface area contributed by atoms with E-state index in [1.165, 1.54) is 13.0 Å². The molecular weight excluding hydrogens is 274 g/mol. The van der Waals surface area contributed by atoms with Gasteiger partial charge in [-0.15, -0.1) is 0 Å². The Morgan fingerprint density at radius 1 is 1.11 bits per heavy atom. The van der Waals surface area contributed by atoms with E-state index < -0.39 is 5.82 Å². The largest absolute Gasteiger partial charge is 0.294 e. The number of halogens is 3. The highest BCUT2D eigenvalue weighted by Crippen LogP contribution is 2.30. The number of carbonyl (C=O) groups is 1. The summed E-state index contributed by atoms with van der Waals surface area (Å²) in [5.41, 5.74) is 1.17. The summed E-state index contributed by atoms with van der Waals surface area (Å²) in [7, 11) is 0. The van der Waals surface area contributed by atoms with Gasteiger partial charge in [-0.2, -0.15) is 0 Å². The molecule has 0 amide bonds. The summed E-state index contributed by atoms with van der Waals surface area (Å²) in [6, 6.07) is 9.35. The van der Waals surface area contributed by atoms with Gasteiger partial charge in [-0.1, -0.05) is 35.3 Å². The lowest BCUT2D eigenvalue weighted by atomic mass is 9.97. The smallest absolute Gasteiger partial charge is 0.163 e. The minimum Gasteiger partial charge on any atom is -0.294 e. The van der Waals surface area contributed by atoms with Crippen LogP contribution < -0.4 is 0 Å². The maximum Gasteiger partial charge on any atom is 0.163 e. The average molecular weight is 283 g/mol. The second-order valence-electron chi connectivity index (χ2n) is 3.88. The van der Waals surface area contributed by atoms with Gasteiger partial charge in [0.15, 0.2) is 5.78 Å². The maximum atomic E-state index is 13.7. The molecule has 0 aliphatic carbocycles. The predicted molar refractivity (Wildman–Crippen MR) is 71.9 cm³/mol. The first-order chi connectivity index (χ1) is 8.49. The molecule has 2 aromatic rings. The van der Waals surface area contributed by atoms with Gasteiger partial charge < -0.3 is 0 Å². The van der Waals surface area contributed by atoms with Gasteiger partial charge >= 0.3 is 0 Å². The van der Waals surface area contributed by atoms with E-state index in [4.69, 9.17) is 23.2 Å². The highest BCUT2D eigenvalue weighted by molar-refractivity contribution is 6.35. The molecule has 0 heterocycles. The van der Waals surface area contributed by atoms with Crippen molar-refractivity contribution in [2.75, 3.05) is 0 Å². The standard InChI is InChI=1S/C14H9Cl2FO/c1-8(18)14-12(3-2-4-13(14)17)9-5-10(15)7-11(16)6-9/h2-7H,1H3. The SMILES string of the molecule is CC(=O)c1c(F)cccc1-c1cc(Cl)cc(Cl)c1. The number of benzene rings is 2. The topological polar surface area (TPSA) is 17.1 Å². The molecule has 2 rings (SSSR count). The molecule has 0 fully saturated rings. The van der Waals surface area contributed by atoms with Crippen LogP contribution in [0.15, 0.2) is 36.4 Å². The van der Waals surface area contributed by atoms with Gasteiger partial charge in [-0.25, -0.2) is 4.39 Å². The molecule has 0 saturated carbocycles. The minimum absolute atomic E-state index is 0.0517. The van der Waals surface area contributed by atoms with Crippen LogP contribution >= 0.6 is 23.2 Å². The molecule has 2 aromatic carbocycles. The zero-order chi connectivity index (χ0) is 13.3. The van der Waals surface area contributed by atoms with E-state index in [9.17, 15) is 9.18 Å². The van der Waals surface area contributed by atoms with Crippen molar-refractivity contribution in [3.63, 3.8) is 0 Å². The molecule has 4 heteroatoms. The van der Waals surface area contributed by atoms with E-state index in [0.29, 0.717) is 21.2 Å². The lowest BCUT2D eigenvalue weighted by Gasteiger charge is -2.09. The van der Waals surface area contributed by atoms with Crippen LogP contribution in [0.25, 0.3) is 11.1 Å². The lowest BCUT2D eigenvalue weighted by molar-refractivity contribution is 0.101. The Bertz CT molecular complexity index is 603. The monoisotopic (exact) mass is 282 g/mol. The van der Waals surface area contributed by atoms with Crippen LogP contribution in [-0.4, -0.2) is 5.78 Å². The fourth-order valence-electron chi connectivity index (χ4n) is 1.83. The quantitative estimate of drug-likeness (QED) is 0.709.